The predicted molar refractivity (Wildman–Crippen MR) is 114 cm³/mol. The third-order valence-corrected chi connectivity index (χ3v) is 5.47. The zero-order chi connectivity index (χ0) is 20.0. The number of aryl methyl sites for hydroxylation is 1. The number of imidazole rings is 1. The summed E-state index contributed by atoms with van der Waals surface area (Å²) in [6.45, 7) is 0.810. The highest BCUT2D eigenvalue weighted by Gasteiger charge is 2.24. The molecule has 0 atom stereocenters. The molecule has 5 rings (SSSR count). The number of ether oxygens (including phenoxy) is 1. The first kappa shape index (κ1) is 17.6. The van der Waals surface area contributed by atoms with Crippen LogP contribution in [0.2, 0.25) is 0 Å². The molecule has 1 aliphatic rings. The standard InChI is InChI=1S/C23H22N4O2/c1-26-21-13-17(9-10-20(21)27(23(26)28)14-15-7-8-15)16-4-2-5-18(12-16)29-22-19(24)6-3-11-25-22/h2-6,9-13,15H,7-8,14,24H2,1H3. The fourth-order valence-electron chi connectivity index (χ4n) is 3.66. The number of benzene rings is 2. The summed E-state index contributed by atoms with van der Waals surface area (Å²) in [6, 6.07) is 17.5. The van der Waals surface area contributed by atoms with E-state index in [0.717, 1.165) is 28.7 Å². The minimum Gasteiger partial charge on any atom is -0.437 e. The number of rotatable bonds is 5. The number of anilines is 1. The fourth-order valence-corrected chi connectivity index (χ4v) is 3.66. The molecule has 146 valence electrons. The summed E-state index contributed by atoms with van der Waals surface area (Å²) in [6.07, 6.45) is 4.08. The Hall–Kier alpha value is -3.54. The van der Waals surface area contributed by atoms with Gasteiger partial charge in [0.2, 0.25) is 5.88 Å². The molecular weight excluding hydrogens is 364 g/mol. The molecule has 0 bridgehead atoms. The summed E-state index contributed by atoms with van der Waals surface area (Å²) in [5, 5.41) is 0. The van der Waals surface area contributed by atoms with Crippen molar-refractivity contribution < 1.29 is 4.74 Å². The van der Waals surface area contributed by atoms with Crippen molar-refractivity contribution in [2.75, 3.05) is 5.73 Å². The van der Waals surface area contributed by atoms with Gasteiger partial charge in [0.1, 0.15) is 5.75 Å². The van der Waals surface area contributed by atoms with E-state index in [1.807, 2.05) is 41.9 Å². The Labute approximate surface area is 168 Å². The topological polar surface area (TPSA) is 75.1 Å². The van der Waals surface area contributed by atoms with E-state index >= 15 is 0 Å². The van der Waals surface area contributed by atoms with Gasteiger partial charge in [-0.3, -0.25) is 9.13 Å². The number of hydrogen-bond donors (Lipinski definition) is 1. The zero-order valence-electron chi connectivity index (χ0n) is 16.2. The number of hydrogen-bond acceptors (Lipinski definition) is 4. The number of pyridine rings is 1. The van der Waals surface area contributed by atoms with Gasteiger partial charge in [-0.25, -0.2) is 9.78 Å². The van der Waals surface area contributed by atoms with Crippen LogP contribution in [0, 0.1) is 5.92 Å². The van der Waals surface area contributed by atoms with E-state index in [1.165, 1.54) is 12.8 Å². The van der Waals surface area contributed by atoms with Crippen molar-refractivity contribution in [3.8, 4) is 22.8 Å². The molecule has 0 radical (unpaired) electrons. The van der Waals surface area contributed by atoms with Crippen LogP contribution in [-0.4, -0.2) is 14.1 Å². The van der Waals surface area contributed by atoms with Gasteiger partial charge in [0.15, 0.2) is 0 Å². The van der Waals surface area contributed by atoms with Gasteiger partial charge in [-0.1, -0.05) is 18.2 Å². The second kappa shape index (κ2) is 6.81. The highest BCUT2D eigenvalue weighted by molar-refractivity contribution is 5.83. The average molecular weight is 386 g/mol. The maximum Gasteiger partial charge on any atom is 0.328 e. The van der Waals surface area contributed by atoms with Crippen LogP contribution in [0.15, 0.2) is 65.6 Å². The van der Waals surface area contributed by atoms with E-state index in [2.05, 4.69) is 17.1 Å². The first-order chi connectivity index (χ1) is 14.1. The van der Waals surface area contributed by atoms with Crippen molar-refractivity contribution >= 4 is 16.7 Å². The van der Waals surface area contributed by atoms with Crippen molar-refractivity contribution in [3.63, 3.8) is 0 Å². The third-order valence-electron chi connectivity index (χ3n) is 5.47. The highest BCUT2D eigenvalue weighted by atomic mass is 16.5. The maximum absolute atomic E-state index is 12.7. The lowest BCUT2D eigenvalue weighted by atomic mass is 10.0. The molecule has 1 aliphatic carbocycles. The molecule has 1 fully saturated rings. The molecule has 2 heterocycles. The SMILES string of the molecule is Cn1c(=O)n(CC2CC2)c2ccc(-c3cccc(Oc4ncccc4N)c3)cc21. The van der Waals surface area contributed by atoms with E-state index in [-0.39, 0.29) is 5.69 Å². The molecular formula is C23H22N4O2. The summed E-state index contributed by atoms with van der Waals surface area (Å²) in [5.74, 6) is 1.69. The largest absolute Gasteiger partial charge is 0.437 e. The molecule has 2 aromatic carbocycles. The predicted octanol–water partition coefficient (Wildman–Crippen LogP) is 4.19. The monoisotopic (exact) mass is 386 g/mol. The van der Waals surface area contributed by atoms with Crippen LogP contribution in [0.5, 0.6) is 11.6 Å². The first-order valence-corrected chi connectivity index (χ1v) is 9.78. The summed E-state index contributed by atoms with van der Waals surface area (Å²) >= 11 is 0. The van der Waals surface area contributed by atoms with Gasteiger partial charge < -0.3 is 10.5 Å². The quantitative estimate of drug-likeness (QED) is 0.558. The molecule has 6 heteroatoms. The Kier molecular flexibility index (Phi) is 4.12. The molecule has 29 heavy (non-hydrogen) atoms. The Balaban J connectivity index is 1.51. The smallest absolute Gasteiger partial charge is 0.328 e. The molecule has 0 spiro atoms. The molecule has 2 N–H and O–H groups in total. The lowest BCUT2D eigenvalue weighted by molar-refractivity contribution is 0.466. The van der Waals surface area contributed by atoms with Gasteiger partial charge >= 0.3 is 5.69 Å². The molecule has 0 saturated heterocycles. The summed E-state index contributed by atoms with van der Waals surface area (Å²) in [4.78, 5) is 16.9. The maximum atomic E-state index is 12.7. The fraction of sp³-hybridized carbons (Fsp3) is 0.217. The van der Waals surface area contributed by atoms with Crippen LogP contribution in [0.1, 0.15) is 12.8 Å². The molecule has 6 nitrogen and oxygen atoms in total. The summed E-state index contributed by atoms with van der Waals surface area (Å²) in [7, 11) is 1.83. The normalized spacial score (nSPS) is 13.7. The van der Waals surface area contributed by atoms with E-state index < -0.39 is 0 Å². The molecule has 1 saturated carbocycles. The summed E-state index contributed by atoms with van der Waals surface area (Å²) < 4.78 is 9.50. The Morgan fingerprint density at radius 1 is 1.07 bits per heavy atom. The van der Waals surface area contributed by atoms with E-state index in [0.29, 0.717) is 23.2 Å². The van der Waals surface area contributed by atoms with Gasteiger partial charge in [0, 0.05) is 19.8 Å². The lowest BCUT2D eigenvalue weighted by Gasteiger charge is -2.09. The Morgan fingerprint density at radius 2 is 1.90 bits per heavy atom. The second-order valence-corrected chi connectivity index (χ2v) is 7.63. The lowest BCUT2D eigenvalue weighted by Crippen LogP contribution is -2.22. The zero-order valence-corrected chi connectivity index (χ0v) is 16.2. The molecule has 4 aromatic rings. The molecule has 2 aromatic heterocycles. The van der Waals surface area contributed by atoms with Gasteiger partial charge in [-0.15, -0.1) is 0 Å². The van der Waals surface area contributed by atoms with Gasteiger partial charge in [0.05, 0.1) is 16.7 Å². The third kappa shape index (κ3) is 3.27. The number of nitrogen functional groups attached to an aromatic ring is 1. The van der Waals surface area contributed by atoms with Crippen LogP contribution < -0.4 is 16.2 Å². The highest BCUT2D eigenvalue weighted by Crippen LogP contribution is 2.33. The molecule has 0 amide bonds. The van der Waals surface area contributed by atoms with E-state index in [1.54, 1.807) is 22.9 Å². The Morgan fingerprint density at radius 3 is 2.69 bits per heavy atom. The van der Waals surface area contributed by atoms with Crippen molar-refractivity contribution in [1.82, 2.24) is 14.1 Å². The van der Waals surface area contributed by atoms with Gasteiger partial charge in [-0.2, -0.15) is 0 Å². The van der Waals surface area contributed by atoms with Crippen LogP contribution in [0.4, 0.5) is 5.69 Å². The van der Waals surface area contributed by atoms with E-state index in [4.69, 9.17) is 10.5 Å². The van der Waals surface area contributed by atoms with Crippen LogP contribution in [0.25, 0.3) is 22.2 Å². The van der Waals surface area contributed by atoms with Gasteiger partial charge in [-0.05, 0) is 66.3 Å². The first-order valence-electron chi connectivity index (χ1n) is 9.78. The van der Waals surface area contributed by atoms with Crippen molar-refractivity contribution in [2.45, 2.75) is 19.4 Å². The average Bonchev–Trinajstić information content (AvgIpc) is 3.53. The number of nitrogens with two attached hydrogens (primary N) is 1. The Bertz CT molecular complexity index is 1270. The van der Waals surface area contributed by atoms with Gasteiger partial charge in [0.25, 0.3) is 0 Å². The van der Waals surface area contributed by atoms with Crippen LogP contribution in [0.3, 0.4) is 0 Å². The van der Waals surface area contributed by atoms with Crippen molar-refractivity contribution in [2.24, 2.45) is 13.0 Å². The summed E-state index contributed by atoms with van der Waals surface area (Å²) in [5.41, 5.74) is 10.4. The van der Waals surface area contributed by atoms with Crippen LogP contribution >= 0.6 is 0 Å². The minimum absolute atomic E-state index is 0.0479. The molecule has 0 unspecified atom stereocenters. The number of aromatic nitrogens is 3. The number of nitrogens with zero attached hydrogens (tertiary/aromatic N) is 3. The number of fused-ring (bicyclic) bond motifs is 1. The van der Waals surface area contributed by atoms with E-state index in [9.17, 15) is 4.79 Å². The minimum atomic E-state index is 0.0479. The molecule has 0 aliphatic heterocycles. The van der Waals surface area contributed by atoms with Crippen LogP contribution in [-0.2, 0) is 13.6 Å². The van der Waals surface area contributed by atoms with Crippen molar-refractivity contribution in [1.29, 1.82) is 0 Å². The second-order valence-electron chi connectivity index (χ2n) is 7.63. The van der Waals surface area contributed by atoms with Crippen molar-refractivity contribution in [3.05, 3.63) is 71.3 Å².